The molecule has 1 N–H and O–H groups in total. The van der Waals surface area contributed by atoms with Crippen LogP contribution in [-0.4, -0.2) is 16.3 Å². The van der Waals surface area contributed by atoms with Crippen molar-refractivity contribution in [2.75, 3.05) is 6.54 Å². The Morgan fingerprint density at radius 2 is 2.20 bits per heavy atom. The minimum Gasteiger partial charge on any atom is -0.359 e. The Morgan fingerprint density at radius 3 is 3.00 bits per heavy atom. The molecule has 3 rings (SSSR count). The summed E-state index contributed by atoms with van der Waals surface area (Å²) in [5, 5.41) is 8.50. The summed E-state index contributed by atoms with van der Waals surface area (Å²) < 4.78 is 7.43. The molecule has 1 aromatic carbocycles. The van der Waals surface area contributed by atoms with Gasteiger partial charge in [-0.3, -0.25) is 0 Å². The Kier molecular flexibility index (Phi) is 3.83. The number of fused-ring (bicyclic) bond motifs is 1. The minimum absolute atomic E-state index is 0.717. The normalized spacial score (nSPS) is 11.2. The quantitative estimate of drug-likeness (QED) is 0.699. The Morgan fingerprint density at radius 1 is 1.25 bits per heavy atom. The van der Waals surface area contributed by atoms with Gasteiger partial charge in [0.25, 0.3) is 0 Å². The predicted octanol–water partition coefficient (Wildman–Crippen LogP) is 3.18. The average Bonchev–Trinajstić information content (AvgIpc) is 3.10. The number of hydrogen-bond donors (Lipinski definition) is 1. The van der Waals surface area contributed by atoms with Crippen molar-refractivity contribution in [3.8, 4) is 0 Å². The zero-order chi connectivity index (χ0) is 13.8. The summed E-state index contributed by atoms with van der Waals surface area (Å²) in [5.41, 5.74) is 2.59. The predicted molar refractivity (Wildman–Crippen MR) is 79.5 cm³/mol. The smallest absolute Gasteiger partial charge is 0.156 e. The van der Waals surface area contributed by atoms with Gasteiger partial charge in [0, 0.05) is 18.8 Å². The zero-order valence-electron chi connectivity index (χ0n) is 11.7. The zero-order valence-corrected chi connectivity index (χ0v) is 11.7. The first-order valence-corrected chi connectivity index (χ1v) is 7.05. The molecule has 20 heavy (non-hydrogen) atoms. The number of rotatable bonds is 6. The third kappa shape index (κ3) is 2.60. The summed E-state index contributed by atoms with van der Waals surface area (Å²) in [4.78, 5) is 0. The lowest BCUT2D eigenvalue weighted by Crippen LogP contribution is -2.14. The van der Waals surface area contributed by atoms with Crippen molar-refractivity contribution in [1.82, 2.24) is 15.0 Å². The Bertz CT molecular complexity index is 670. The highest BCUT2D eigenvalue weighted by molar-refractivity contribution is 5.83. The first-order valence-electron chi connectivity index (χ1n) is 7.05. The second-order valence-electron chi connectivity index (χ2n) is 4.95. The van der Waals surface area contributed by atoms with Crippen molar-refractivity contribution in [3.05, 3.63) is 54.0 Å². The molecule has 0 aliphatic carbocycles. The van der Waals surface area contributed by atoms with Gasteiger partial charge in [0.1, 0.15) is 0 Å². The van der Waals surface area contributed by atoms with E-state index in [9.17, 15) is 0 Å². The third-order valence-electron chi connectivity index (χ3n) is 3.43. The fourth-order valence-corrected chi connectivity index (χ4v) is 2.51. The summed E-state index contributed by atoms with van der Waals surface area (Å²) in [6.45, 7) is 4.83. The van der Waals surface area contributed by atoms with Crippen LogP contribution in [0.4, 0.5) is 0 Å². The van der Waals surface area contributed by atoms with E-state index in [-0.39, 0.29) is 0 Å². The van der Waals surface area contributed by atoms with E-state index in [0.29, 0.717) is 6.54 Å². The highest BCUT2D eigenvalue weighted by atomic mass is 16.5. The van der Waals surface area contributed by atoms with Gasteiger partial charge in [0.2, 0.25) is 0 Å². The van der Waals surface area contributed by atoms with Gasteiger partial charge in [-0.25, -0.2) is 0 Å². The van der Waals surface area contributed by atoms with Crippen LogP contribution in [0.15, 0.2) is 47.2 Å². The minimum atomic E-state index is 0.717. The van der Waals surface area contributed by atoms with Crippen molar-refractivity contribution in [1.29, 1.82) is 0 Å². The van der Waals surface area contributed by atoms with Crippen LogP contribution in [0.5, 0.6) is 0 Å². The van der Waals surface area contributed by atoms with Gasteiger partial charge in [0.15, 0.2) is 5.76 Å². The van der Waals surface area contributed by atoms with Crippen molar-refractivity contribution >= 4 is 10.9 Å². The van der Waals surface area contributed by atoms with E-state index in [1.807, 2.05) is 6.07 Å². The Balaban J connectivity index is 1.92. The number of hydrogen-bond acceptors (Lipinski definition) is 3. The van der Waals surface area contributed by atoms with Crippen molar-refractivity contribution in [2.24, 2.45) is 0 Å². The molecule has 0 saturated heterocycles. The fourth-order valence-electron chi connectivity index (χ4n) is 2.51. The van der Waals surface area contributed by atoms with Crippen LogP contribution in [0.25, 0.3) is 10.9 Å². The lowest BCUT2D eigenvalue weighted by Gasteiger charge is -2.09. The summed E-state index contributed by atoms with van der Waals surface area (Å²) in [6, 6.07) is 10.5. The standard InChI is InChI=1S/C16H19N3O/c1-2-8-17-11-14-5-3-4-13-7-10-19(16(13)14)12-15-6-9-18-20-15/h3-7,9-10,17H,2,8,11-12H2,1H3. The summed E-state index contributed by atoms with van der Waals surface area (Å²) in [6.07, 6.45) is 4.94. The molecule has 0 saturated carbocycles. The van der Waals surface area contributed by atoms with E-state index in [1.165, 1.54) is 16.5 Å². The van der Waals surface area contributed by atoms with Gasteiger partial charge in [-0.1, -0.05) is 30.3 Å². The van der Waals surface area contributed by atoms with E-state index < -0.39 is 0 Å². The molecule has 3 aromatic rings. The molecule has 0 aliphatic heterocycles. The van der Waals surface area contributed by atoms with Crippen LogP contribution in [0.2, 0.25) is 0 Å². The van der Waals surface area contributed by atoms with E-state index >= 15 is 0 Å². The lowest BCUT2D eigenvalue weighted by atomic mass is 10.1. The largest absolute Gasteiger partial charge is 0.359 e. The van der Waals surface area contributed by atoms with Crippen LogP contribution in [0.1, 0.15) is 24.7 Å². The van der Waals surface area contributed by atoms with Crippen molar-refractivity contribution in [3.63, 3.8) is 0 Å². The topological polar surface area (TPSA) is 43.0 Å². The van der Waals surface area contributed by atoms with Crippen LogP contribution >= 0.6 is 0 Å². The van der Waals surface area contributed by atoms with Crippen LogP contribution < -0.4 is 5.32 Å². The molecule has 0 fully saturated rings. The molecular weight excluding hydrogens is 250 g/mol. The van der Waals surface area contributed by atoms with E-state index in [2.05, 4.69) is 52.4 Å². The highest BCUT2D eigenvalue weighted by Gasteiger charge is 2.08. The van der Waals surface area contributed by atoms with Gasteiger partial charge < -0.3 is 14.4 Å². The van der Waals surface area contributed by atoms with Gasteiger partial charge in [-0.05, 0) is 30.0 Å². The first-order chi connectivity index (χ1) is 9.88. The molecule has 0 bridgehead atoms. The molecule has 0 aliphatic rings. The summed E-state index contributed by atoms with van der Waals surface area (Å²) in [5.74, 6) is 0.874. The molecule has 0 spiro atoms. The average molecular weight is 269 g/mol. The summed E-state index contributed by atoms with van der Waals surface area (Å²) >= 11 is 0. The van der Waals surface area contributed by atoms with Gasteiger partial charge in [-0.15, -0.1) is 0 Å². The summed E-state index contributed by atoms with van der Waals surface area (Å²) in [7, 11) is 0. The van der Waals surface area contributed by atoms with Crippen LogP contribution in [0.3, 0.4) is 0 Å². The Hall–Kier alpha value is -2.07. The lowest BCUT2D eigenvalue weighted by molar-refractivity contribution is 0.377. The Labute approximate surface area is 118 Å². The van der Waals surface area contributed by atoms with Gasteiger partial charge >= 0.3 is 0 Å². The molecule has 0 atom stereocenters. The maximum absolute atomic E-state index is 5.21. The highest BCUT2D eigenvalue weighted by Crippen LogP contribution is 2.21. The number of para-hydroxylation sites is 1. The third-order valence-corrected chi connectivity index (χ3v) is 3.43. The maximum atomic E-state index is 5.21. The molecule has 104 valence electrons. The van der Waals surface area contributed by atoms with E-state index in [4.69, 9.17) is 4.52 Å². The number of aromatic nitrogens is 2. The molecule has 4 nitrogen and oxygen atoms in total. The molecule has 4 heteroatoms. The molecule has 0 radical (unpaired) electrons. The maximum Gasteiger partial charge on any atom is 0.156 e. The van der Waals surface area contributed by atoms with Crippen LogP contribution in [0, 0.1) is 0 Å². The number of nitrogens with zero attached hydrogens (tertiary/aromatic N) is 2. The second kappa shape index (κ2) is 5.92. The monoisotopic (exact) mass is 269 g/mol. The van der Waals surface area contributed by atoms with Gasteiger partial charge in [-0.2, -0.15) is 0 Å². The van der Waals surface area contributed by atoms with E-state index in [0.717, 1.165) is 25.3 Å². The number of benzene rings is 1. The molecule has 2 heterocycles. The molecule has 0 unspecified atom stereocenters. The fraction of sp³-hybridized carbons (Fsp3) is 0.312. The first kappa shape index (κ1) is 12.9. The SMILES string of the molecule is CCCNCc1cccc2ccn(Cc3ccno3)c12. The molecule has 0 amide bonds. The number of nitrogens with one attached hydrogen (secondary N) is 1. The van der Waals surface area contributed by atoms with Gasteiger partial charge in [0.05, 0.1) is 18.3 Å². The van der Waals surface area contributed by atoms with E-state index in [1.54, 1.807) is 6.20 Å². The molecule has 2 aromatic heterocycles. The van der Waals surface area contributed by atoms with Crippen molar-refractivity contribution in [2.45, 2.75) is 26.4 Å². The van der Waals surface area contributed by atoms with Crippen LogP contribution in [-0.2, 0) is 13.1 Å². The second-order valence-corrected chi connectivity index (χ2v) is 4.95. The van der Waals surface area contributed by atoms with Crippen molar-refractivity contribution < 1.29 is 4.52 Å². The molecular formula is C16H19N3O.